The highest BCUT2D eigenvalue weighted by molar-refractivity contribution is 5.39. The number of hydrogen-bond acceptors (Lipinski definition) is 2. The van der Waals surface area contributed by atoms with E-state index in [9.17, 15) is 0 Å². The lowest BCUT2D eigenvalue weighted by atomic mass is 9.84. The van der Waals surface area contributed by atoms with Crippen molar-refractivity contribution in [2.75, 3.05) is 6.61 Å². The quantitative estimate of drug-likeness (QED) is 0.927. The highest BCUT2D eigenvalue weighted by Crippen LogP contribution is 2.35. The van der Waals surface area contributed by atoms with Gasteiger partial charge >= 0.3 is 0 Å². The van der Waals surface area contributed by atoms with Crippen molar-refractivity contribution < 1.29 is 4.74 Å². The minimum Gasteiger partial charge on any atom is -0.493 e. The topological polar surface area (TPSA) is 35.2 Å². The molecule has 2 N–H and O–H groups in total. The zero-order valence-corrected chi connectivity index (χ0v) is 12.6. The molecule has 0 aliphatic carbocycles. The molecule has 2 atom stereocenters. The Morgan fingerprint density at radius 2 is 1.81 bits per heavy atom. The fourth-order valence-corrected chi connectivity index (χ4v) is 3.14. The van der Waals surface area contributed by atoms with Crippen molar-refractivity contribution in [1.82, 2.24) is 0 Å². The van der Waals surface area contributed by atoms with Gasteiger partial charge in [-0.15, -0.1) is 0 Å². The van der Waals surface area contributed by atoms with Gasteiger partial charge in [-0.3, -0.25) is 0 Å². The highest BCUT2D eigenvalue weighted by Gasteiger charge is 2.26. The van der Waals surface area contributed by atoms with Crippen LogP contribution in [0, 0.1) is 0 Å². The summed E-state index contributed by atoms with van der Waals surface area (Å²) in [6, 6.07) is 17.3. The SMILES string of the molecule is CCc1ccc(CC(N)C2CCOc3ccccc32)cc1. The van der Waals surface area contributed by atoms with E-state index in [4.69, 9.17) is 10.5 Å². The van der Waals surface area contributed by atoms with Gasteiger partial charge in [0.1, 0.15) is 5.75 Å². The van der Waals surface area contributed by atoms with Gasteiger partial charge in [0.15, 0.2) is 0 Å². The molecule has 0 aromatic heterocycles. The summed E-state index contributed by atoms with van der Waals surface area (Å²) >= 11 is 0. The molecule has 2 heteroatoms. The first-order valence-corrected chi connectivity index (χ1v) is 7.83. The van der Waals surface area contributed by atoms with Crippen LogP contribution in [0.5, 0.6) is 5.75 Å². The molecule has 0 bridgehead atoms. The molecular formula is C19H23NO. The zero-order valence-electron chi connectivity index (χ0n) is 12.6. The fourth-order valence-electron chi connectivity index (χ4n) is 3.14. The molecular weight excluding hydrogens is 258 g/mol. The number of aryl methyl sites for hydroxylation is 1. The zero-order chi connectivity index (χ0) is 14.7. The van der Waals surface area contributed by atoms with Crippen molar-refractivity contribution in [1.29, 1.82) is 0 Å². The summed E-state index contributed by atoms with van der Waals surface area (Å²) in [7, 11) is 0. The van der Waals surface area contributed by atoms with Crippen LogP contribution in [-0.2, 0) is 12.8 Å². The summed E-state index contributed by atoms with van der Waals surface area (Å²) in [6.07, 6.45) is 3.01. The molecule has 0 amide bonds. The first-order chi connectivity index (χ1) is 10.3. The molecule has 2 aromatic carbocycles. The van der Waals surface area contributed by atoms with Crippen molar-refractivity contribution >= 4 is 0 Å². The van der Waals surface area contributed by atoms with E-state index in [2.05, 4.69) is 43.3 Å². The lowest BCUT2D eigenvalue weighted by molar-refractivity contribution is 0.254. The molecule has 2 aromatic rings. The van der Waals surface area contributed by atoms with Crippen LogP contribution in [0.3, 0.4) is 0 Å². The van der Waals surface area contributed by atoms with Gasteiger partial charge < -0.3 is 10.5 Å². The second-order valence-electron chi connectivity index (χ2n) is 5.82. The molecule has 1 aliphatic heterocycles. The molecule has 1 aliphatic rings. The third kappa shape index (κ3) is 3.11. The van der Waals surface area contributed by atoms with Crippen molar-refractivity contribution in [3.05, 3.63) is 65.2 Å². The summed E-state index contributed by atoms with van der Waals surface area (Å²) in [5.41, 5.74) is 10.5. The number of benzene rings is 2. The third-order valence-corrected chi connectivity index (χ3v) is 4.42. The molecule has 0 saturated heterocycles. The van der Waals surface area contributed by atoms with E-state index in [1.807, 2.05) is 12.1 Å². The van der Waals surface area contributed by atoms with Gasteiger partial charge in [-0.25, -0.2) is 0 Å². The number of ether oxygens (including phenoxy) is 1. The third-order valence-electron chi connectivity index (χ3n) is 4.42. The molecule has 0 radical (unpaired) electrons. The Morgan fingerprint density at radius 3 is 2.57 bits per heavy atom. The molecule has 0 saturated carbocycles. The van der Waals surface area contributed by atoms with Gasteiger partial charge in [0.2, 0.25) is 0 Å². The summed E-state index contributed by atoms with van der Waals surface area (Å²) in [6.45, 7) is 2.95. The fraction of sp³-hybridized carbons (Fsp3) is 0.368. The van der Waals surface area contributed by atoms with Crippen molar-refractivity contribution in [3.63, 3.8) is 0 Å². The van der Waals surface area contributed by atoms with E-state index in [-0.39, 0.29) is 6.04 Å². The Kier molecular flexibility index (Phi) is 4.26. The maximum absolute atomic E-state index is 6.51. The maximum atomic E-state index is 6.51. The Morgan fingerprint density at radius 1 is 1.10 bits per heavy atom. The van der Waals surface area contributed by atoms with E-state index < -0.39 is 0 Å². The summed E-state index contributed by atoms with van der Waals surface area (Å²) in [5, 5.41) is 0. The van der Waals surface area contributed by atoms with E-state index in [0.29, 0.717) is 5.92 Å². The summed E-state index contributed by atoms with van der Waals surface area (Å²) in [5.74, 6) is 1.39. The van der Waals surface area contributed by atoms with Crippen LogP contribution in [-0.4, -0.2) is 12.6 Å². The first kappa shape index (κ1) is 14.2. The highest BCUT2D eigenvalue weighted by atomic mass is 16.5. The number of fused-ring (bicyclic) bond motifs is 1. The maximum Gasteiger partial charge on any atom is 0.122 e. The van der Waals surface area contributed by atoms with E-state index >= 15 is 0 Å². The lowest BCUT2D eigenvalue weighted by Crippen LogP contribution is -2.34. The van der Waals surface area contributed by atoms with Crippen LogP contribution in [0.1, 0.15) is 36.0 Å². The standard InChI is InChI=1S/C19H23NO/c1-2-14-7-9-15(10-8-14)13-18(20)16-11-12-21-19-6-4-3-5-17(16)19/h3-10,16,18H,2,11-13,20H2,1H3. The van der Waals surface area contributed by atoms with Gasteiger partial charge in [0.05, 0.1) is 6.61 Å². The molecule has 110 valence electrons. The minimum absolute atomic E-state index is 0.141. The molecule has 2 unspecified atom stereocenters. The van der Waals surface area contributed by atoms with E-state index in [0.717, 1.165) is 31.6 Å². The number of hydrogen-bond donors (Lipinski definition) is 1. The molecule has 3 rings (SSSR count). The average Bonchev–Trinajstić information content (AvgIpc) is 2.55. The Bertz CT molecular complexity index is 591. The van der Waals surface area contributed by atoms with Crippen LogP contribution < -0.4 is 10.5 Å². The van der Waals surface area contributed by atoms with Gasteiger partial charge in [-0.2, -0.15) is 0 Å². The smallest absolute Gasteiger partial charge is 0.122 e. The first-order valence-electron chi connectivity index (χ1n) is 7.83. The number of nitrogens with two attached hydrogens (primary N) is 1. The Balaban J connectivity index is 1.75. The van der Waals surface area contributed by atoms with Gasteiger partial charge in [0, 0.05) is 12.0 Å². The average molecular weight is 281 g/mol. The van der Waals surface area contributed by atoms with Crippen LogP contribution in [0.2, 0.25) is 0 Å². The molecule has 21 heavy (non-hydrogen) atoms. The summed E-state index contributed by atoms with van der Waals surface area (Å²) in [4.78, 5) is 0. The lowest BCUT2D eigenvalue weighted by Gasteiger charge is -2.30. The summed E-state index contributed by atoms with van der Waals surface area (Å²) < 4.78 is 5.73. The second-order valence-corrected chi connectivity index (χ2v) is 5.82. The Labute approximate surface area is 126 Å². The van der Waals surface area contributed by atoms with Crippen LogP contribution in [0.15, 0.2) is 48.5 Å². The molecule has 2 nitrogen and oxygen atoms in total. The number of para-hydroxylation sites is 1. The molecule has 1 heterocycles. The van der Waals surface area contributed by atoms with Crippen molar-refractivity contribution in [2.24, 2.45) is 5.73 Å². The van der Waals surface area contributed by atoms with Crippen LogP contribution in [0.4, 0.5) is 0 Å². The molecule has 0 spiro atoms. The van der Waals surface area contributed by atoms with Gasteiger partial charge in [-0.1, -0.05) is 49.4 Å². The van der Waals surface area contributed by atoms with Crippen LogP contribution >= 0.6 is 0 Å². The van der Waals surface area contributed by atoms with E-state index in [1.165, 1.54) is 16.7 Å². The minimum atomic E-state index is 0.141. The normalized spacial score (nSPS) is 18.7. The van der Waals surface area contributed by atoms with Crippen LogP contribution in [0.25, 0.3) is 0 Å². The molecule has 0 fully saturated rings. The predicted molar refractivity (Wildman–Crippen MR) is 86.8 cm³/mol. The van der Waals surface area contributed by atoms with Crippen molar-refractivity contribution in [3.8, 4) is 5.75 Å². The van der Waals surface area contributed by atoms with E-state index in [1.54, 1.807) is 0 Å². The number of rotatable bonds is 4. The van der Waals surface area contributed by atoms with Crippen molar-refractivity contribution in [2.45, 2.75) is 38.1 Å². The van der Waals surface area contributed by atoms with Gasteiger partial charge in [-0.05, 0) is 42.0 Å². The monoisotopic (exact) mass is 281 g/mol. The second kappa shape index (κ2) is 6.31. The van der Waals surface area contributed by atoms with Gasteiger partial charge in [0.25, 0.3) is 0 Å². The Hall–Kier alpha value is -1.80. The predicted octanol–water partition coefficient (Wildman–Crippen LogP) is 3.69. The largest absolute Gasteiger partial charge is 0.493 e.